The molecule has 146 valence electrons. The van der Waals surface area contributed by atoms with E-state index in [1.807, 2.05) is 36.4 Å². The van der Waals surface area contributed by atoms with E-state index in [1.54, 1.807) is 14.0 Å². The van der Waals surface area contributed by atoms with Gasteiger partial charge in [-0.05, 0) is 43.4 Å². The lowest BCUT2D eigenvalue weighted by Crippen LogP contribution is -2.30. The van der Waals surface area contributed by atoms with Gasteiger partial charge in [-0.3, -0.25) is 9.88 Å². The summed E-state index contributed by atoms with van der Waals surface area (Å²) in [6.45, 7) is 5.69. The van der Waals surface area contributed by atoms with Crippen LogP contribution in [0.25, 0.3) is 0 Å². The third-order valence-corrected chi connectivity index (χ3v) is 5.07. The van der Waals surface area contributed by atoms with Gasteiger partial charge in [0.25, 0.3) is 0 Å². The Morgan fingerprint density at radius 2 is 2.27 bits per heavy atom. The molecule has 1 aliphatic heterocycles. The first kappa shape index (κ1) is 21.1. The van der Waals surface area contributed by atoms with Crippen LogP contribution in [0, 0.1) is 3.57 Å². The number of carbonyl (C=O) groups is 1. The highest BCUT2D eigenvalue weighted by Crippen LogP contribution is 2.28. The van der Waals surface area contributed by atoms with Crippen molar-refractivity contribution in [3.8, 4) is 0 Å². The third-order valence-electron chi connectivity index (χ3n) is 4.28. The van der Waals surface area contributed by atoms with Crippen LogP contribution in [0.4, 0.5) is 10.6 Å². The molecule has 1 aliphatic rings. The molecule has 1 saturated heterocycles. The Morgan fingerprint density at radius 3 is 2.85 bits per heavy atom. The zero-order valence-electron chi connectivity index (χ0n) is 15.2. The predicted octanol–water partition coefficient (Wildman–Crippen LogP) is 1.88. The summed E-state index contributed by atoms with van der Waals surface area (Å²) in [7, 11) is 1.59. The maximum absolute atomic E-state index is 12.2. The van der Waals surface area contributed by atoms with Crippen molar-refractivity contribution in [2.75, 3.05) is 19.0 Å². The van der Waals surface area contributed by atoms with Gasteiger partial charge < -0.3 is 19.3 Å². The first-order valence-electron chi connectivity index (χ1n) is 8.24. The van der Waals surface area contributed by atoms with Crippen molar-refractivity contribution in [3.05, 3.63) is 20.3 Å². The first-order chi connectivity index (χ1) is 12.1. The van der Waals surface area contributed by atoms with Gasteiger partial charge in [0, 0.05) is 26.1 Å². The molecule has 2 rings (SSSR count). The molecule has 1 amide bonds. The maximum atomic E-state index is 12.2. The van der Waals surface area contributed by atoms with Gasteiger partial charge in [-0.1, -0.05) is 0 Å². The van der Waals surface area contributed by atoms with Gasteiger partial charge in [-0.25, -0.2) is 9.59 Å². The summed E-state index contributed by atoms with van der Waals surface area (Å²) < 4.78 is 17.8. The summed E-state index contributed by atoms with van der Waals surface area (Å²) in [5, 5.41) is 12.2. The average molecular weight is 481 g/mol. The number of hydrogen-bond donors (Lipinski definition) is 2. The van der Waals surface area contributed by atoms with Crippen LogP contribution in [-0.2, 0) is 14.2 Å². The van der Waals surface area contributed by atoms with E-state index in [2.05, 4.69) is 10.3 Å². The lowest BCUT2D eigenvalue weighted by Gasteiger charge is -2.22. The van der Waals surface area contributed by atoms with Crippen LogP contribution in [0.15, 0.2) is 11.0 Å². The fourth-order valence-corrected chi connectivity index (χ4v) is 2.89. The molecule has 10 heteroatoms. The Labute approximate surface area is 165 Å². The summed E-state index contributed by atoms with van der Waals surface area (Å²) >= 11 is 1.96. The number of carbonyl (C=O) groups excluding carboxylic acids is 1. The largest absolute Gasteiger partial charge is 0.449 e. The van der Waals surface area contributed by atoms with Crippen LogP contribution in [0.3, 0.4) is 0 Å². The molecule has 1 aromatic heterocycles. The minimum atomic E-state index is -0.694. The maximum Gasteiger partial charge on any atom is 0.412 e. The molecule has 26 heavy (non-hydrogen) atoms. The molecule has 3 atom stereocenters. The van der Waals surface area contributed by atoms with Gasteiger partial charge in [-0.2, -0.15) is 4.98 Å². The van der Waals surface area contributed by atoms with Crippen molar-refractivity contribution in [2.45, 2.75) is 57.6 Å². The molecule has 0 saturated carbocycles. The number of aromatic nitrogens is 2. The second kappa shape index (κ2) is 8.63. The fourth-order valence-electron chi connectivity index (χ4n) is 2.33. The molecular weight excluding hydrogens is 457 g/mol. The number of hydrogen-bond acceptors (Lipinski definition) is 7. The summed E-state index contributed by atoms with van der Waals surface area (Å²) in [6.07, 6.45) is 0.120. The van der Waals surface area contributed by atoms with E-state index in [1.165, 1.54) is 10.8 Å². The molecular formula is C16H24IN3O6. The van der Waals surface area contributed by atoms with Crippen molar-refractivity contribution in [2.24, 2.45) is 0 Å². The number of anilines is 1. The second-order valence-corrected chi connectivity index (χ2v) is 7.86. The number of amides is 1. The third kappa shape index (κ3) is 5.38. The number of ether oxygens (including phenoxy) is 3. The summed E-state index contributed by atoms with van der Waals surface area (Å²) in [5.41, 5.74) is -0.969. The Kier molecular flexibility index (Phi) is 6.99. The highest BCUT2D eigenvalue weighted by Gasteiger charge is 2.32. The predicted molar refractivity (Wildman–Crippen MR) is 102 cm³/mol. The summed E-state index contributed by atoms with van der Waals surface area (Å²) in [5.74, 6) is 0.120. The van der Waals surface area contributed by atoms with E-state index in [0.717, 1.165) is 0 Å². The number of nitrogens with one attached hydrogen (secondary N) is 1. The quantitative estimate of drug-likeness (QED) is 0.597. The van der Waals surface area contributed by atoms with Gasteiger partial charge in [-0.15, -0.1) is 0 Å². The standard InChI is InChI=1S/C16H24IN3O6/c1-9-11(21)7-12(26-9)20-8-10(17)13(18-14(20)22)19-15(23)25-6-5-16(2,3)24-4/h8-9,11-12,21H,5-7H2,1-4H3,(H,18,19,22,23). The number of halogens is 1. The van der Waals surface area contributed by atoms with E-state index in [-0.39, 0.29) is 18.5 Å². The van der Waals surface area contributed by atoms with E-state index in [9.17, 15) is 14.7 Å². The van der Waals surface area contributed by atoms with Crippen LogP contribution < -0.4 is 11.0 Å². The molecule has 0 bridgehead atoms. The Morgan fingerprint density at radius 1 is 1.58 bits per heavy atom. The number of aliphatic hydroxyl groups excluding tert-OH is 1. The van der Waals surface area contributed by atoms with Gasteiger partial charge in [0.1, 0.15) is 6.23 Å². The molecule has 1 aromatic rings. The van der Waals surface area contributed by atoms with E-state index in [0.29, 0.717) is 16.4 Å². The summed E-state index contributed by atoms with van der Waals surface area (Å²) in [4.78, 5) is 28.0. The van der Waals surface area contributed by atoms with Crippen LogP contribution in [0.1, 0.15) is 39.8 Å². The van der Waals surface area contributed by atoms with E-state index in [4.69, 9.17) is 14.2 Å². The average Bonchev–Trinajstić information content (AvgIpc) is 2.89. The van der Waals surface area contributed by atoms with Crippen LogP contribution in [0.2, 0.25) is 0 Å². The minimum Gasteiger partial charge on any atom is -0.449 e. The number of methoxy groups -OCH3 is 1. The normalized spacial score (nSPS) is 23.1. The molecule has 1 fully saturated rings. The Bertz CT molecular complexity index is 698. The molecule has 0 spiro atoms. The highest BCUT2D eigenvalue weighted by molar-refractivity contribution is 14.1. The second-order valence-electron chi connectivity index (χ2n) is 6.70. The van der Waals surface area contributed by atoms with Crippen molar-refractivity contribution in [1.82, 2.24) is 9.55 Å². The van der Waals surface area contributed by atoms with Gasteiger partial charge in [0.15, 0.2) is 5.82 Å². The first-order valence-corrected chi connectivity index (χ1v) is 9.32. The lowest BCUT2D eigenvalue weighted by atomic mass is 10.1. The number of rotatable bonds is 6. The molecule has 0 radical (unpaired) electrons. The van der Waals surface area contributed by atoms with E-state index >= 15 is 0 Å². The van der Waals surface area contributed by atoms with Crippen LogP contribution >= 0.6 is 22.6 Å². The Hall–Kier alpha value is -1.24. The monoisotopic (exact) mass is 481 g/mol. The number of aliphatic hydroxyl groups is 1. The molecule has 2 heterocycles. The Balaban J connectivity index is 1.99. The lowest BCUT2D eigenvalue weighted by molar-refractivity contribution is -0.0101. The zero-order chi connectivity index (χ0) is 19.5. The van der Waals surface area contributed by atoms with Crippen molar-refractivity contribution in [1.29, 1.82) is 0 Å². The molecule has 0 aliphatic carbocycles. The molecule has 3 unspecified atom stereocenters. The molecule has 2 N–H and O–H groups in total. The zero-order valence-corrected chi connectivity index (χ0v) is 17.3. The molecule has 0 aromatic carbocycles. The van der Waals surface area contributed by atoms with Crippen molar-refractivity contribution < 1.29 is 24.1 Å². The van der Waals surface area contributed by atoms with Crippen molar-refractivity contribution >= 4 is 34.5 Å². The van der Waals surface area contributed by atoms with Gasteiger partial charge >= 0.3 is 11.8 Å². The van der Waals surface area contributed by atoms with Crippen LogP contribution in [0.5, 0.6) is 0 Å². The smallest absolute Gasteiger partial charge is 0.412 e. The fraction of sp³-hybridized carbons (Fsp3) is 0.688. The SMILES string of the molecule is COC(C)(C)CCOC(=O)Nc1nc(=O)n(C2CC(O)C(C)O2)cc1I. The molecule has 9 nitrogen and oxygen atoms in total. The number of nitrogens with zero attached hydrogens (tertiary/aromatic N) is 2. The minimum absolute atomic E-state index is 0.120. The summed E-state index contributed by atoms with van der Waals surface area (Å²) in [6, 6.07) is 0. The van der Waals surface area contributed by atoms with Crippen molar-refractivity contribution in [3.63, 3.8) is 0 Å². The topological polar surface area (TPSA) is 112 Å². The van der Waals surface area contributed by atoms with Gasteiger partial charge in [0.05, 0.1) is 28.0 Å². The van der Waals surface area contributed by atoms with Crippen LogP contribution in [-0.4, -0.2) is 52.3 Å². The highest BCUT2D eigenvalue weighted by atomic mass is 127. The van der Waals surface area contributed by atoms with E-state index < -0.39 is 29.7 Å². The van der Waals surface area contributed by atoms with Gasteiger partial charge in [0.2, 0.25) is 0 Å².